The molecule has 2 aromatic carbocycles. The minimum atomic E-state index is -0.997. The maximum Gasteiger partial charge on any atom is 0.341 e. The number of carboxylic acids is 1. The third-order valence-electron chi connectivity index (χ3n) is 4.70. The van der Waals surface area contributed by atoms with Gasteiger partial charge in [-0.3, -0.25) is 0 Å². The summed E-state index contributed by atoms with van der Waals surface area (Å²) in [7, 11) is 0. The van der Waals surface area contributed by atoms with Crippen molar-refractivity contribution in [3.05, 3.63) is 65.5 Å². The lowest BCUT2D eigenvalue weighted by Gasteiger charge is -2.13. The van der Waals surface area contributed by atoms with E-state index in [0.29, 0.717) is 24.7 Å². The Kier molecular flexibility index (Phi) is 7.49. The number of rotatable bonds is 11. The molecular formula is C24H27NO5. The highest BCUT2D eigenvalue weighted by Gasteiger charge is 2.12. The van der Waals surface area contributed by atoms with Crippen molar-refractivity contribution in [2.45, 2.75) is 39.5 Å². The molecule has 0 atom stereocenters. The van der Waals surface area contributed by atoms with Crippen LogP contribution in [0.1, 0.15) is 36.8 Å². The third-order valence-corrected chi connectivity index (χ3v) is 4.70. The van der Waals surface area contributed by atoms with Gasteiger partial charge in [0.05, 0.1) is 12.3 Å². The average molecular weight is 409 g/mol. The Morgan fingerprint density at radius 1 is 1.10 bits per heavy atom. The minimum absolute atomic E-state index is 0.359. The van der Waals surface area contributed by atoms with Gasteiger partial charge in [0, 0.05) is 12.0 Å². The first kappa shape index (κ1) is 21.4. The Morgan fingerprint density at radius 3 is 2.63 bits per heavy atom. The Balaban J connectivity index is 1.65. The van der Waals surface area contributed by atoms with Gasteiger partial charge in [0.1, 0.15) is 17.3 Å². The summed E-state index contributed by atoms with van der Waals surface area (Å²) in [6.07, 6.45) is 3.55. The molecule has 0 amide bonds. The van der Waals surface area contributed by atoms with Crippen LogP contribution in [0.25, 0.3) is 11.5 Å². The van der Waals surface area contributed by atoms with Crippen LogP contribution in [-0.4, -0.2) is 29.3 Å². The largest absolute Gasteiger partial charge is 0.493 e. The van der Waals surface area contributed by atoms with E-state index in [2.05, 4.69) is 11.9 Å². The number of aromatic nitrogens is 1. The predicted molar refractivity (Wildman–Crippen MR) is 114 cm³/mol. The van der Waals surface area contributed by atoms with E-state index in [9.17, 15) is 4.79 Å². The molecule has 0 spiro atoms. The van der Waals surface area contributed by atoms with E-state index in [1.807, 2.05) is 49.4 Å². The first-order chi connectivity index (χ1) is 14.6. The Hall–Kier alpha value is -3.28. The summed E-state index contributed by atoms with van der Waals surface area (Å²) in [5, 5.41) is 8.80. The molecule has 1 heterocycles. The van der Waals surface area contributed by atoms with E-state index in [0.717, 1.165) is 47.6 Å². The maximum atomic E-state index is 10.7. The van der Waals surface area contributed by atoms with Gasteiger partial charge in [-0.05, 0) is 55.7 Å². The molecule has 0 fully saturated rings. The molecule has 158 valence electrons. The number of aryl methyl sites for hydroxylation is 2. The number of unbranched alkanes of at least 4 members (excludes halogenated alkanes) is 1. The molecule has 3 rings (SSSR count). The fourth-order valence-electron chi connectivity index (χ4n) is 3.12. The summed E-state index contributed by atoms with van der Waals surface area (Å²) in [5.74, 6) is 1.74. The van der Waals surface area contributed by atoms with Gasteiger partial charge in [-0.25, -0.2) is 9.78 Å². The lowest BCUT2D eigenvalue weighted by molar-refractivity contribution is -0.139. The van der Waals surface area contributed by atoms with Crippen LogP contribution in [0.3, 0.4) is 0 Å². The number of hydrogen-bond donors (Lipinski definition) is 1. The van der Waals surface area contributed by atoms with Gasteiger partial charge in [0.2, 0.25) is 5.89 Å². The van der Waals surface area contributed by atoms with Crippen LogP contribution in [0.2, 0.25) is 0 Å². The van der Waals surface area contributed by atoms with E-state index in [4.69, 9.17) is 19.0 Å². The molecule has 0 unspecified atom stereocenters. The molecule has 0 radical (unpaired) electrons. The zero-order valence-corrected chi connectivity index (χ0v) is 17.4. The number of nitrogens with zero attached hydrogens (tertiary/aromatic N) is 1. The standard InChI is InChI=1S/C24H27NO5/c1-3-4-8-19-15-20(29-16-23(26)27)11-12-22(19)28-14-13-21-17(2)30-24(25-21)18-9-6-5-7-10-18/h5-7,9-12,15H,3-4,8,13-14,16H2,1-2H3,(H,26,27). The predicted octanol–water partition coefficient (Wildman–Crippen LogP) is 5.08. The summed E-state index contributed by atoms with van der Waals surface area (Å²) in [5.41, 5.74) is 2.85. The Morgan fingerprint density at radius 2 is 1.90 bits per heavy atom. The summed E-state index contributed by atoms with van der Waals surface area (Å²) < 4.78 is 17.1. The number of oxazole rings is 1. The Bertz CT molecular complexity index is 965. The minimum Gasteiger partial charge on any atom is -0.493 e. The lowest BCUT2D eigenvalue weighted by atomic mass is 10.1. The number of carboxylic acid groups (broad SMARTS) is 1. The van der Waals surface area contributed by atoms with Gasteiger partial charge in [0.25, 0.3) is 0 Å². The summed E-state index contributed by atoms with van der Waals surface area (Å²) in [4.78, 5) is 15.3. The first-order valence-corrected chi connectivity index (χ1v) is 10.2. The molecule has 6 heteroatoms. The molecule has 0 aliphatic rings. The third kappa shape index (κ3) is 5.86. The summed E-state index contributed by atoms with van der Waals surface area (Å²) >= 11 is 0. The van der Waals surface area contributed by atoms with Gasteiger partial charge in [-0.2, -0.15) is 0 Å². The molecule has 6 nitrogen and oxygen atoms in total. The second-order valence-electron chi connectivity index (χ2n) is 7.04. The van der Waals surface area contributed by atoms with Crippen LogP contribution in [0.5, 0.6) is 11.5 Å². The fraction of sp³-hybridized carbons (Fsp3) is 0.333. The maximum absolute atomic E-state index is 10.7. The van der Waals surface area contributed by atoms with Crippen molar-refractivity contribution < 1.29 is 23.8 Å². The number of aliphatic carboxylic acids is 1. The molecule has 0 saturated carbocycles. The molecular weight excluding hydrogens is 382 g/mol. The summed E-state index contributed by atoms with van der Waals surface area (Å²) in [6.45, 7) is 4.15. The normalized spacial score (nSPS) is 10.7. The smallest absolute Gasteiger partial charge is 0.341 e. The van der Waals surface area contributed by atoms with Gasteiger partial charge in [-0.1, -0.05) is 31.5 Å². The Labute approximate surface area is 176 Å². The second-order valence-corrected chi connectivity index (χ2v) is 7.04. The monoisotopic (exact) mass is 409 g/mol. The molecule has 30 heavy (non-hydrogen) atoms. The van der Waals surface area contributed by atoms with Crippen LogP contribution >= 0.6 is 0 Å². The van der Waals surface area contributed by atoms with Crippen LogP contribution in [0, 0.1) is 6.92 Å². The number of benzene rings is 2. The summed E-state index contributed by atoms with van der Waals surface area (Å²) in [6, 6.07) is 15.3. The van der Waals surface area contributed by atoms with Gasteiger partial charge >= 0.3 is 5.97 Å². The fourth-order valence-corrected chi connectivity index (χ4v) is 3.12. The highest BCUT2D eigenvalue weighted by atomic mass is 16.5. The van der Waals surface area contributed by atoms with Crippen LogP contribution in [0.15, 0.2) is 52.9 Å². The van der Waals surface area contributed by atoms with Gasteiger partial charge in [0.15, 0.2) is 6.61 Å². The molecule has 1 N–H and O–H groups in total. The molecule has 0 saturated heterocycles. The highest BCUT2D eigenvalue weighted by Crippen LogP contribution is 2.27. The molecule has 0 aliphatic heterocycles. The van der Waals surface area contributed by atoms with Gasteiger partial charge in [-0.15, -0.1) is 0 Å². The van der Waals surface area contributed by atoms with E-state index >= 15 is 0 Å². The van der Waals surface area contributed by atoms with Crippen molar-refractivity contribution in [3.63, 3.8) is 0 Å². The van der Waals surface area contributed by atoms with Crippen molar-refractivity contribution in [1.29, 1.82) is 0 Å². The molecule has 0 bridgehead atoms. The zero-order valence-electron chi connectivity index (χ0n) is 17.4. The number of hydrogen-bond acceptors (Lipinski definition) is 5. The first-order valence-electron chi connectivity index (χ1n) is 10.2. The van der Waals surface area contributed by atoms with Crippen LogP contribution in [-0.2, 0) is 17.6 Å². The van der Waals surface area contributed by atoms with Crippen LogP contribution in [0.4, 0.5) is 0 Å². The average Bonchev–Trinajstić information content (AvgIpc) is 3.13. The quantitative estimate of drug-likeness (QED) is 0.476. The van der Waals surface area contributed by atoms with E-state index in [-0.39, 0.29) is 6.61 Å². The van der Waals surface area contributed by atoms with E-state index in [1.165, 1.54) is 0 Å². The van der Waals surface area contributed by atoms with Crippen molar-refractivity contribution in [3.8, 4) is 23.0 Å². The van der Waals surface area contributed by atoms with Gasteiger partial charge < -0.3 is 19.0 Å². The second kappa shape index (κ2) is 10.5. The topological polar surface area (TPSA) is 81.8 Å². The van der Waals surface area contributed by atoms with Crippen molar-refractivity contribution in [2.75, 3.05) is 13.2 Å². The van der Waals surface area contributed by atoms with Crippen molar-refractivity contribution >= 4 is 5.97 Å². The highest BCUT2D eigenvalue weighted by molar-refractivity contribution is 5.68. The zero-order chi connectivity index (χ0) is 21.3. The number of carbonyl (C=O) groups is 1. The molecule has 3 aromatic rings. The SMILES string of the molecule is CCCCc1cc(OCC(=O)O)ccc1OCCc1nc(-c2ccccc2)oc1C. The van der Waals surface area contributed by atoms with Crippen molar-refractivity contribution in [2.24, 2.45) is 0 Å². The van der Waals surface area contributed by atoms with Crippen molar-refractivity contribution in [1.82, 2.24) is 4.98 Å². The van der Waals surface area contributed by atoms with E-state index in [1.54, 1.807) is 6.07 Å². The molecule has 0 aliphatic carbocycles. The van der Waals surface area contributed by atoms with E-state index < -0.39 is 5.97 Å². The lowest BCUT2D eigenvalue weighted by Crippen LogP contribution is -2.10. The molecule has 1 aromatic heterocycles. The van der Waals surface area contributed by atoms with Crippen LogP contribution < -0.4 is 9.47 Å². The number of ether oxygens (including phenoxy) is 2.